The van der Waals surface area contributed by atoms with Gasteiger partial charge in [-0.25, -0.2) is 39.6 Å². The lowest BCUT2D eigenvalue weighted by Gasteiger charge is -2.20. The third kappa shape index (κ3) is 6.26. The van der Waals surface area contributed by atoms with Crippen LogP contribution < -0.4 is 0 Å². The number of hydrogen-bond donors (Lipinski definition) is 0. The van der Waals surface area contributed by atoms with Gasteiger partial charge >= 0.3 is 6.18 Å². The summed E-state index contributed by atoms with van der Waals surface area (Å²) in [6.45, 7) is 23.4. The van der Waals surface area contributed by atoms with E-state index in [0.717, 1.165) is 66.9 Å². The lowest BCUT2D eigenvalue weighted by molar-refractivity contribution is -0.137. The van der Waals surface area contributed by atoms with Crippen molar-refractivity contribution in [3.05, 3.63) is 167 Å². The molecule has 0 aliphatic rings. The first kappa shape index (κ1) is 37.9. The van der Waals surface area contributed by atoms with Crippen molar-refractivity contribution in [3.63, 3.8) is 0 Å². The number of alkyl halides is 3. The monoisotopic (exact) mass is 816 g/mol. The second-order valence-electron chi connectivity index (χ2n) is 15.0. The van der Waals surface area contributed by atoms with Gasteiger partial charge in [0.15, 0.2) is 23.0 Å². The normalized spacial score (nSPS) is 11.8. The van der Waals surface area contributed by atoms with Gasteiger partial charge in [-0.3, -0.25) is 0 Å². The van der Waals surface area contributed by atoms with E-state index >= 15 is 0 Å². The van der Waals surface area contributed by atoms with Crippen molar-refractivity contribution in [1.82, 2.24) is 39.0 Å². The molecule has 298 valence electrons. The fraction of sp³-hybridized carbons (Fsp3) is 0.102. The molecule has 0 spiro atoms. The maximum Gasteiger partial charge on any atom is 0.415 e. The predicted octanol–water partition coefficient (Wildman–Crippen LogP) is 12.6. The summed E-state index contributed by atoms with van der Waals surface area (Å²) < 4.78 is 47.3. The van der Waals surface area contributed by atoms with Crippen LogP contribution in [0, 0.1) is 40.8 Å². The van der Waals surface area contributed by atoms with E-state index in [1.807, 2.05) is 113 Å². The Labute approximate surface area is 352 Å². The quantitative estimate of drug-likeness (QED) is 0.161. The highest BCUT2D eigenvalue weighted by atomic mass is 19.4. The first-order chi connectivity index (χ1) is 29.9. The molecule has 0 saturated heterocycles. The first-order valence-corrected chi connectivity index (χ1v) is 19.5. The van der Waals surface area contributed by atoms with Crippen molar-refractivity contribution in [2.75, 3.05) is 0 Å². The van der Waals surface area contributed by atoms with Crippen LogP contribution in [0.5, 0.6) is 0 Å². The predicted molar refractivity (Wildman–Crippen MR) is 235 cm³/mol. The Kier molecular flexibility index (Phi) is 8.68. The van der Waals surface area contributed by atoms with Gasteiger partial charge in [-0.1, -0.05) is 36.4 Å². The zero-order valence-electron chi connectivity index (χ0n) is 33.6. The fourth-order valence-corrected chi connectivity index (χ4v) is 8.48. The van der Waals surface area contributed by atoms with E-state index in [2.05, 4.69) is 48.7 Å². The van der Waals surface area contributed by atoms with Crippen molar-refractivity contribution in [2.24, 2.45) is 0 Å². The summed E-state index contributed by atoms with van der Waals surface area (Å²) in [5, 5.41) is 3.64. The van der Waals surface area contributed by atoms with E-state index in [9.17, 15) is 13.2 Å². The minimum Gasteiger partial charge on any atom is -0.308 e. The molecule has 0 unspecified atom stereocenters. The Morgan fingerprint density at radius 1 is 0.468 bits per heavy atom. The highest BCUT2D eigenvalue weighted by molar-refractivity contribution is 6.13. The van der Waals surface area contributed by atoms with Gasteiger partial charge in [0.1, 0.15) is 23.3 Å². The molecule has 6 aromatic carbocycles. The average Bonchev–Trinajstić information content (AvgIpc) is 3.76. The molecule has 10 rings (SSSR count). The van der Waals surface area contributed by atoms with Crippen LogP contribution >= 0.6 is 0 Å². The highest BCUT2D eigenvalue weighted by Gasteiger charge is 2.32. The number of halogens is 3. The number of aromatic nitrogens is 8. The Morgan fingerprint density at radius 3 is 1.40 bits per heavy atom. The number of nitrogens with zero attached hydrogens (tertiary/aromatic N) is 10. The summed E-state index contributed by atoms with van der Waals surface area (Å²) in [4.78, 5) is 34.5. The van der Waals surface area contributed by atoms with Gasteiger partial charge < -0.3 is 9.13 Å². The molecule has 0 saturated carbocycles. The summed E-state index contributed by atoms with van der Waals surface area (Å²) in [7, 11) is 0. The van der Waals surface area contributed by atoms with Gasteiger partial charge in [0.2, 0.25) is 0 Å². The summed E-state index contributed by atoms with van der Waals surface area (Å²) >= 11 is 0. The second kappa shape index (κ2) is 14.2. The highest BCUT2D eigenvalue weighted by Crippen LogP contribution is 2.45. The summed E-state index contributed by atoms with van der Waals surface area (Å²) in [6, 6.07) is 34.6. The zero-order chi connectivity index (χ0) is 43.0. The minimum atomic E-state index is -4.73. The van der Waals surface area contributed by atoms with E-state index in [1.165, 1.54) is 6.07 Å². The Balaban J connectivity index is 1.32. The zero-order valence-corrected chi connectivity index (χ0v) is 33.6. The van der Waals surface area contributed by atoms with E-state index in [4.69, 9.17) is 13.1 Å². The average molecular weight is 817 g/mol. The molecule has 0 radical (unpaired) electrons. The van der Waals surface area contributed by atoms with Crippen LogP contribution in [0.2, 0.25) is 0 Å². The lowest BCUT2D eigenvalue weighted by atomic mass is 9.98. The van der Waals surface area contributed by atoms with Crippen molar-refractivity contribution in [2.45, 2.75) is 33.9 Å². The van der Waals surface area contributed by atoms with Crippen molar-refractivity contribution in [1.29, 1.82) is 0 Å². The lowest BCUT2D eigenvalue weighted by Crippen LogP contribution is -2.06. The maximum atomic E-state index is 14.4. The molecule has 62 heavy (non-hydrogen) atoms. The Morgan fingerprint density at radius 2 is 0.935 bits per heavy atom. The molecule has 13 heteroatoms. The number of benzene rings is 6. The summed E-state index contributed by atoms with van der Waals surface area (Å²) in [6.07, 6.45) is -4.73. The smallest absolute Gasteiger partial charge is 0.308 e. The second-order valence-corrected chi connectivity index (χ2v) is 15.0. The molecule has 0 N–H and O–H groups in total. The molecule has 4 heterocycles. The maximum absolute atomic E-state index is 14.4. The van der Waals surface area contributed by atoms with E-state index < -0.39 is 11.7 Å². The molecule has 4 aromatic heterocycles. The van der Waals surface area contributed by atoms with Crippen LogP contribution in [-0.2, 0) is 6.18 Å². The number of hydrogen-bond acceptors (Lipinski definition) is 6. The molecule has 10 aromatic rings. The molecular weight excluding hydrogens is 786 g/mol. The van der Waals surface area contributed by atoms with Gasteiger partial charge in [-0.05, 0) is 118 Å². The Hall–Kier alpha value is -8.29. The van der Waals surface area contributed by atoms with Gasteiger partial charge in [0.05, 0.1) is 46.6 Å². The molecule has 0 atom stereocenters. The van der Waals surface area contributed by atoms with Crippen LogP contribution in [0.4, 0.5) is 24.5 Å². The third-order valence-electron chi connectivity index (χ3n) is 11.0. The van der Waals surface area contributed by atoms with Crippen LogP contribution in [-0.4, -0.2) is 39.0 Å². The molecule has 0 aliphatic heterocycles. The number of fused-ring (bicyclic) bond motifs is 6. The van der Waals surface area contributed by atoms with Crippen molar-refractivity contribution < 1.29 is 13.2 Å². The Bertz CT molecular complexity index is 3570. The molecule has 0 bridgehead atoms. The first-order valence-electron chi connectivity index (χ1n) is 19.5. The number of rotatable bonds is 5. The number of aryl methyl sites for hydroxylation is 4. The molecule has 10 nitrogen and oxygen atoms in total. The molecular formula is C49H31F3N10. The van der Waals surface area contributed by atoms with E-state index in [-0.39, 0.29) is 22.5 Å². The van der Waals surface area contributed by atoms with Crippen molar-refractivity contribution >= 4 is 55.0 Å². The fourth-order valence-electron chi connectivity index (χ4n) is 8.48. The summed E-state index contributed by atoms with van der Waals surface area (Å²) in [5.41, 5.74) is 5.36. The van der Waals surface area contributed by atoms with Crippen molar-refractivity contribution in [3.8, 4) is 45.3 Å². The van der Waals surface area contributed by atoms with Gasteiger partial charge in [0.25, 0.3) is 0 Å². The SMILES string of the molecule is [C-]#[N+]c1cc(-c2cc(-n3c4ccccc4c4cc(-c5nc(C)nc(C)n5)ccc43)c(-n3c4ccccc4c4cc(-c5nc(C)nc(C)n5)ccc43)cc2[N+]#[C-])cc(C(F)(F)F)c1. The van der Waals surface area contributed by atoms with Crippen LogP contribution in [0.3, 0.4) is 0 Å². The molecule has 0 amide bonds. The van der Waals surface area contributed by atoms with Gasteiger partial charge in [-0.15, -0.1) is 0 Å². The topological polar surface area (TPSA) is 95.9 Å². The molecule has 0 aliphatic carbocycles. The minimum absolute atomic E-state index is 0.100. The largest absolute Gasteiger partial charge is 0.415 e. The van der Waals surface area contributed by atoms with Crippen LogP contribution in [0.25, 0.3) is 98.6 Å². The van der Waals surface area contributed by atoms with Crippen LogP contribution in [0.15, 0.2) is 115 Å². The van der Waals surface area contributed by atoms with Gasteiger partial charge in [0, 0.05) is 38.2 Å². The molecule has 0 fully saturated rings. The van der Waals surface area contributed by atoms with Gasteiger partial charge in [-0.2, -0.15) is 13.2 Å². The summed E-state index contributed by atoms with van der Waals surface area (Å²) in [5.74, 6) is 3.48. The number of para-hydroxylation sites is 2. The standard InChI is InChI=1S/C49H31F3N10/c1-26-55-27(2)58-47(57-26)30-15-17-43-38(21-30)35-11-7-9-13-41(35)61(43)45-24-37(32-19-33(49(50,51)52)23-34(20-32)53-5)40(54-6)25-46(45)62-42-14-10-8-12-36(42)39-22-31(16-18-44(39)62)48-59-28(3)56-29(4)60-48/h7-25H,1-4H3. The van der Waals surface area contributed by atoms with Crippen LogP contribution in [0.1, 0.15) is 28.9 Å². The van der Waals surface area contributed by atoms with E-state index in [1.54, 1.807) is 12.1 Å². The van der Waals surface area contributed by atoms with E-state index in [0.29, 0.717) is 46.3 Å². The third-order valence-corrected chi connectivity index (χ3v) is 11.0.